The van der Waals surface area contributed by atoms with Crippen molar-refractivity contribution in [1.82, 2.24) is 0 Å². The Hall–Kier alpha value is -2.00. The summed E-state index contributed by atoms with van der Waals surface area (Å²) in [5.74, 6) is 2.11. The molecular formula is C18H23NO2. The van der Waals surface area contributed by atoms with E-state index in [9.17, 15) is 0 Å². The van der Waals surface area contributed by atoms with Gasteiger partial charge in [0.25, 0.3) is 0 Å². The molecule has 0 radical (unpaired) electrons. The molecule has 0 saturated carbocycles. The second kappa shape index (κ2) is 7.70. The number of aryl methyl sites for hydroxylation is 1. The molecule has 112 valence electrons. The maximum Gasteiger partial charge on any atom is 0.150 e. The van der Waals surface area contributed by atoms with Crippen molar-refractivity contribution in [3.63, 3.8) is 0 Å². The molecule has 0 aliphatic carbocycles. The number of hydrogen-bond donors (Lipinski definition) is 2. The third-order valence-corrected chi connectivity index (χ3v) is 3.46. The Morgan fingerprint density at radius 2 is 1.71 bits per heavy atom. The standard InChI is InChI=1S/C18H23NO2/c1-14(11-12-20)13-19-16-8-4-6-10-18(16)21-17-9-5-3-7-15(17)2/h3-10,14,19-20H,11-13H2,1-2H3/t14-/m0/s1. The molecule has 0 spiro atoms. The SMILES string of the molecule is Cc1ccccc1Oc1ccccc1NC[C@@H](C)CCO. The monoisotopic (exact) mass is 285 g/mol. The quantitative estimate of drug-likeness (QED) is 0.800. The molecule has 2 N–H and O–H groups in total. The number of para-hydroxylation sites is 3. The van der Waals surface area contributed by atoms with Crippen LogP contribution in [0.1, 0.15) is 18.9 Å². The van der Waals surface area contributed by atoms with Gasteiger partial charge in [-0.05, 0) is 43.0 Å². The number of rotatable bonds is 7. The summed E-state index contributed by atoms with van der Waals surface area (Å²) in [5, 5.41) is 12.4. The van der Waals surface area contributed by atoms with Crippen molar-refractivity contribution >= 4 is 5.69 Å². The first-order chi connectivity index (χ1) is 10.2. The summed E-state index contributed by atoms with van der Waals surface area (Å²) in [6.45, 7) is 5.20. The molecule has 0 aromatic heterocycles. The van der Waals surface area contributed by atoms with Crippen molar-refractivity contribution in [2.75, 3.05) is 18.5 Å². The lowest BCUT2D eigenvalue weighted by Crippen LogP contribution is -2.13. The molecule has 0 unspecified atom stereocenters. The van der Waals surface area contributed by atoms with E-state index >= 15 is 0 Å². The predicted molar refractivity (Wildman–Crippen MR) is 87.1 cm³/mol. The summed E-state index contributed by atoms with van der Waals surface area (Å²) in [5.41, 5.74) is 2.09. The molecule has 0 saturated heterocycles. The van der Waals surface area contributed by atoms with Gasteiger partial charge < -0.3 is 15.2 Å². The molecule has 2 aromatic rings. The summed E-state index contributed by atoms with van der Waals surface area (Å²) >= 11 is 0. The van der Waals surface area contributed by atoms with Gasteiger partial charge in [0.05, 0.1) is 5.69 Å². The minimum Gasteiger partial charge on any atom is -0.455 e. The van der Waals surface area contributed by atoms with E-state index in [1.165, 1.54) is 0 Å². The first-order valence-corrected chi connectivity index (χ1v) is 7.38. The fraction of sp³-hybridized carbons (Fsp3) is 0.333. The Balaban J connectivity index is 2.08. The Kier molecular flexibility index (Phi) is 5.64. The third-order valence-electron chi connectivity index (χ3n) is 3.46. The highest BCUT2D eigenvalue weighted by atomic mass is 16.5. The van der Waals surface area contributed by atoms with Crippen LogP contribution < -0.4 is 10.1 Å². The van der Waals surface area contributed by atoms with E-state index in [1.54, 1.807) is 0 Å². The van der Waals surface area contributed by atoms with Gasteiger partial charge in [0.15, 0.2) is 5.75 Å². The Labute approximate surface area is 126 Å². The number of benzene rings is 2. The molecule has 0 amide bonds. The maximum atomic E-state index is 8.96. The van der Waals surface area contributed by atoms with Gasteiger partial charge in [0, 0.05) is 13.2 Å². The van der Waals surface area contributed by atoms with Crippen LogP contribution in [0.2, 0.25) is 0 Å². The molecule has 3 heteroatoms. The van der Waals surface area contributed by atoms with Gasteiger partial charge in [-0.3, -0.25) is 0 Å². The van der Waals surface area contributed by atoms with Crippen LogP contribution in [-0.4, -0.2) is 18.3 Å². The Morgan fingerprint density at radius 3 is 2.43 bits per heavy atom. The molecule has 3 nitrogen and oxygen atoms in total. The Bertz CT molecular complexity index is 569. The van der Waals surface area contributed by atoms with Crippen LogP contribution in [0.5, 0.6) is 11.5 Å². The molecule has 2 aromatic carbocycles. The predicted octanol–water partition coefficient (Wildman–Crippen LogP) is 4.22. The van der Waals surface area contributed by atoms with Gasteiger partial charge in [0.1, 0.15) is 5.75 Å². The Morgan fingerprint density at radius 1 is 1.05 bits per heavy atom. The molecule has 21 heavy (non-hydrogen) atoms. The van der Waals surface area contributed by atoms with Gasteiger partial charge in [0.2, 0.25) is 0 Å². The average molecular weight is 285 g/mol. The van der Waals surface area contributed by atoms with Crippen molar-refractivity contribution in [2.45, 2.75) is 20.3 Å². The molecule has 0 fully saturated rings. The number of ether oxygens (including phenoxy) is 1. The van der Waals surface area contributed by atoms with E-state index in [4.69, 9.17) is 9.84 Å². The van der Waals surface area contributed by atoms with Crippen LogP contribution in [0.25, 0.3) is 0 Å². The van der Waals surface area contributed by atoms with Crippen LogP contribution in [0, 0.1) is 12.8 Å². The molecular weight excluding hydrogens is 262 g/mol. The second-order valence-corrected chi connectivity index (χ2v) is 5.36. The molecule has 0 aliphatic rings. The largest absolute Gasteiger partial charge is 0.455 e. The average Bonchev–Trinajstić information content (AvgIpc) is 2.49. The number of aliphatic hydroxyl groups excluding tert-OH is 1. The highest BCUT2D eigenvalue weighted by Gasteiger charge is 2.07. The van der Waals surface area contributed by atoms with Gasteiger partial charge >= 0.3 is 0 Å². The van der Waals surface area contributed by atoms with E-state index in [0.717, 1.165) is 35.7 Å². The van der Waals surface area contributed by atoms with Crippen LogP contribution in [0.3, 0.4) is 0 Å². The van der Waals surface area contributed by atoms with E-state index in [2.05, 4.69) is 12.2 Å². The number of anilines is 1. The zero-order valence-electron chi connectivity index (χ0n) is 12.7. The van der Waals surface area contributed by atoms with E-state index < -0.39 is 0 Å². The summed E-state index contributed by atoms with van der Waals surface area (Å²) in [7, 11) is 0. The van der Waals surface area contributed by atoms with Crippen molar-refractivity contribution in [2.24, 2.45) is 5.92 Å². The smallest absolute Gasteiger partial charge is 0.150 e. The highest BCUT2D eigenvalue weighted by Crippen LogP contribution is 2.31. The van der Waals surface area contributed by atoms with E-state index in [0.29, 0.717) is 5.92 Å². The van der Waals surface area contributed by atoms with Crippen molar-refractivity contribution < 1.29 is 9.84 Å². The van der Waals surface area contributed by atoms with Crippen LogP contribution in [-0.2, 0) is 0 Å². The van der Waals surface area contributed by atoms with Crippen LogP contribution in [0.15, 0.2) is 48.5 Å². The first kappa shape index (κ1) is 15.4. The number of aliphatic hydroxyl groups is 1. The minimum atomic E-state index is 0.226. The molecule has 1 atom stereocenters. The third kappa shape index (κ3) is 4.50. The summed E-state index contributed by atoms with van der Waals surface area (Å²) < 4.78 is 6.02. The van der Waals surface area contributed by atoms with Gasteiger partial charge in [-0.25, -0.2) is 0 Å². The number of nitrogens with one attached hydrogen (secondary N) is 1. The minimum absolute atomic E-state index is 0.226. The van der Waals surface area contributed by atoms with Crippen molar-refractivity contribution in [1.29, 1.82) is 0 Å². The lowest BCUT2D eigenvalue weighted by atomic mass is 10.1. The zero-order valence-corrected chi connectivity index (χ0v) is 12.7. The summed E-state index contributed by atoms with van der Waals surface area (Å²) in [6.07, 6.45) is 0.799. The van der Waals surface area contributed by atoms with Crippen LogP contribution in [0.4, 0.5) is 5.69 Å². The van der Waals surface area contributed by atoms with Crippen molar-refractivity contribution in [3.8, 4) is 11.5 Å². The molecule has 0 heterocycles. The summed E-state index contributed by atoms with van der Waals surface area (Å²) in [6, 6.07) is 15.9. The normalized spacial score (nSPS) is 12.0. The van der Waals surface area contributed by atoms with Gasteiger partial charge in [-0.15, -0.1) is 0 Å². The topological polar surface area (TPSA) is 41.5 Å². The van der Waals surface area contributed by atoms with Gasteiger partial charge in [-0.1, -0.05) is 37.3 Å². The van der Waals surface area contributed by atoms with E-state index in [1.807, 2.05) is 55.5 Å². The lowest BCUT2D eigenvalue weighted by molar-refractivity contribution is 0.266. The van der Waals surface area contributed by atoms with E-state index in [-0.39, 0.29) is 6.61 Å². The fourth-order valence-electron chi connectivity index (χ4n) is 2.10. The zero-order chi connectivity index (χ0) is 15.1. The van der Waals surface area contributed by atoms with Crippen molar-refractivity contribution in [3.05, 3.63) is 54.1 Å². The lowest BCUT2D eigenvalue weighted by Gasteiger charge is -2.16. The fourth-order valence-corrected chi connectivity index (χ4v) is 2.10. The molecule has 0 bridgehead atoms. The number of hydrogen-bond acceptors (Lipinski definition) is 3. The molecule has 2 rings (SSSR count). The second-order valence-electron chi connectivity index (χ2n) is 5.36. The molecule has 0 aliphatic heterocycles. The maximum absolute atomic E-state index is 8.96. The summed E-state index contributed by atoms with van der Waals surface area (Å²) in [4.78, 5) is 0. The first-order valence-electron chi connectivity index (χ1n) is 7.38. The van der Waals surface area contributed by atoms with Gasteiger partial charge in [-0.2, -0.15) is 0 Å². The van der Waals surface area contributed by atoms with Crippen LogP contribution >= 0.6 is 0 Å². The highest BCUT2D eigenvalue weighted by molar-refractivity contribution is 5.57.